The van der Waals surface area contributed by atoms with E-state index in [1.54, 1.807) is 0 Å². The molecule has 0 spiro atoms. The maximum Gasteiger partial charge on any atom is 0.279 e. The van der Waals surface area contributed by atoms with Crippen LogP contribution in [0.2, 0.25) is 5.02 Å². The van der Waals surface area contributed by atoms with Gasteiger partial charge < -0.3 is 10.6 Å². The molecule has 2 aromatic rings. The van der Waals surface area contributed by atoms with E-state index >= 15 is 0 Å². The van der Waals surface area contributed by atoms with Gasteiger partial charge >= 0.3 is 0 Å². The Hall–Kier alpha value is -1.84. The van der Waals surface area contributed by atoms with E-state index in [9.17, 15) is 4.79 Å². The van der Waals surface area contributed by atoms with Gasteiger partial charge in [-0.3, -0.25) is 4.79 Å². The zero-order valence-electron chi connectivity index (χ0n) is 13.8. The van der Waals surface area contributed by atoms with Crippen molar-refractivity contribution >= 4 is 23.2 Å². The maximum atomic E-state index is 12.2. The van der Waals surface area contributed by atoms with E-state index in [0.717, 1.165) is 11.3 Å². The fourth-order valence-corrected chi connectivity index (χ4v) is 2.82. The van der Waals surface area contributed by atoms with Crippen LogP contribution in [-0.4, -0.2) is 12.5 Å². The minimum atomic E-state index is -0.0167. The summed E-state index contributed by atoms with van der Waals surface area (Å²) in [4.78, 5) is 12.2. The van der Waals surface area contributed by atoms with Crippen molar-refractivity contribution in [3.8, 4) is 0 Å². The van der Waals surface area contributed by atoms with Crippen LogP contribution in [-0.2, 0) is 4.79 Å². The number of carbonyl (C=O) groups is 1. The first kappa shape index (κ1) is 17.5. The summed E-state index contributed by atoms with van der Waals surface area (Å²) in [6.45, 7) is 6.63. The van der Waals surface area contributed by atoms with Crippen molar-refractivity contribution in [2.45, 2.75) is 26.8 Å². The number of quaternary nitrogens is 1. The number of halogens is 1. The van der Waals surface area contributed by atoms with Crippen molar-refractivity contribution in [2.24, 2.45) is 5.92 Å². The van der Waals surface area contributed by atoms with Gasteiger partial charge in [-0.25, -0.2) is 0 Å². The first-order valence-corrected chi connectivity index (χ1v) is 8.30. The average Bonchev–Trinajstić information content (AvgIpc) is 2.53. The third-order valence-electron chi connectivity index (χ3n) is 4.00. The topological polar surface area (TPSA) is 45.7 Å². The fraction of sp³-hybridized carbons (Fsp3) is 0.316. The molecule has 0 radical (unpaired) electrons. The highest BCUT2D eigenvalue weighted by Crippen LogP contribution is 2.22. The molecule has 122 valence electrons. The number of benzene rings is 2. The number of rotatable bonds is 6. The molecule has 2 aromatic carbocycles. The molecule has 0 unspecified atom stereocenters. The van der Waals surface area contributed by atoms with Gasteiger partial charge in [0.05, 0.1) is 0 Å². The summed E-state index contributed by atoms with van der Waals surface area (Å²) in [7, 11) is 0. The quantitative estimate of drug-likeness (QED) is 0.835. The number of nitrogens with one attached hydrogen (secondary N) is 1. The summed E-state index contributed by atoms with van der Waals surface area (Å²) >= 11 is 6.09. The average molecular weight is 332 g/mol. The van der Waals surface area contributed by atoms with Crippen molar-refractivity contribution in [3.05, 3.63) is 64.7 Å². The lowest BCUT2D eigenvalue weighted by Gasteiger charge is -2.19. The minimum Gasteiger partial charge on any atom is -0.332 e. The van der Waals surface area contributed by atoms with Crippen LogP contribution in [0.5, 0.6) is 0 Å². The molecule has 1 amide bonds. The summed E-state index contributed by atoms with van der Waals surface area (Å²) in [5, 5.41) is 5.70. The molecule has 0 aliphatic rings. The molecule has 1 atom stereocenters. The molecule has 0 aliphatic carbocycles. The Morgan fingerprint density at radius 3 is 2.48 bits per heavy atom. The molecule has 0 bridgehead atoms. The van der Waals surface area contributed by atoms with Crippen LogP contribution in [0.1, 0.15) is 31.0 Å². The van der Waals surface area contributed by atoms with Crippen LogP contribution in [0.15, 0.2) is 48.5 Å². The van der Waals surface area contributed by atoms with E-state index in [0.29, 0.717) is 17.5 Å². The molecular formula is C19H24ClN2O+. The Labute approximate surface area is 143 Å². The van der Waals surface area contributed by atoms with E-state index in [1.165, 1.54) is 5.56 Å². The molecule has 2 rings (SSSR count). The smallest absolute Gasteiger partial charge is 0.279 e. The molecule has 0 fully saturated rings. The zero-order chi connectivity index (χ0) is 16.8. The maximum absolute atomic E-state index is 12.2. The standard InChI is InChI=1S/C19H23ClN2O/c1-13(2)19(15-8-5-4-6-9-15)21-12-18(23)22-17-11-7-10-16(20)14(17)3/h4-11,13,19,21H,12H2,1-3H3,(H,22,23)/p+1/t19-/m0/s1. The summed E-state index contributed by atoms with van der Waals surface area (Å²) in [6.07, 6.45) is 0. The second-order valence-corrected chi connectivity index (χ2v) is 6.49. The van der Waals surface area contributed by atoms with Crippen LogP contribution < -0.4 is 10.6 Å². The van der Waals surface area contributed by atoms with Crippen LogP contribution in [0.3, 0.4) is 0 Å². The second-order valence-electron chi connectivity index (χ2n) is 6.08. The van der Waals surface area contributed by atoms with E-state index in [4.69, 9.17) is 11.6 Å². The van der Waals surface area contributed by atoms with Crippen LogP contribution in [0, 0.1) is 12.8 Å². The van der Waals surface area contributed by atoms with Gasteiger partial charge in [0.1, 0.15) is 6.04 Å². The van der Waals surface area contributed by atoms with Gasteiger partial charge in [0, 0.05) is 22.2 Å². The Morgan fingerprint density at radius 1 is 1.13 bits per heavy atom. The monoisotopic (exact) mass is 331 g/mol. The highest BCUT2D eigenvalue weighted by Gasteiger charge is 2.20. The molecule has 0 heterocycles. The third kappa shape index (κ3) is 4.81. The van der Waals surface area contributed by atoms with Crippen molar-refractivity contribution < 1.29 is 10.1 Å². The molecule has 3 N–H and O–H groups in total. The lowest BCUT2D eigenvalue weighted by atomic mass is 9.96. The van der Waals surface area contributed by atoms with Crippen LogP contribution >= 0.6 is 11.6 Å². The molecule has 4 heteroatoms. The van der Waals surface area contributed by atoms with E-state index < -0.39 is 0 Å². The number of carbonyl (C=O) groups excluding carboxylic acids is 1. The molecule has 0 aromatic heterocycles. The van der Waals surface area contributed by atoms with E-state index in [-0.39, 0.29) is 11.9 Å². The number of nitrogens with two attached hydrogens (primary N) is 1. The van der Waals surface area contributed by atoms with Gasteiger partial charge in [0.2, 0.25) is 0 Å². The highest BCUT2D eigenvalue weighted by atomic mass is 35.5. The third-order valence-corrected chi connectivity index (χ3v) is 4.41. The molecule has 0 saturated heterocycles. The van der Waals surface area contributed by atoms with Gasteiger partial charge in [0.25, 0.3) is 5.91 Å². The first-order chi connectivity index (χ1) is 11.0. The van der Waals surface area contributed by atoms with Gasteiger partial charge in [-0.2, -0.15) is 0 Å². The van der Waals surface area contributed by atoms with Crippen LogP contribution in [0.4, 0.5) is 5.69 Å². The number of amides is 1. The molecule has 3 nitrogen and oxygen atoms in total. The largest absolute Gasteiger partial charge is 0.332 e. The zero-order valence-corrected chi connectivity index (χ0v) is 14.6. The normalized spacial score (nSPS) is 12.2. The van der Waals surface area contributed by atoms with Gasteiger partial charge in [0.15, 0.2) is 6.54 Å². The summed E-state index contributed by atoms with van der Waals surface area (Å²) in [5.74, 6) is 0.426. The minimum absolute atomic E-state index is 0.0167. The Kier molecular flexibility index (Phi) is 6.20. The predicted octanol–water partition coefficient (Wildman–Crippen LogP) is 3.55. The van der Waals surface area contributed by atoms with E-state index in [1.807, 2.05) is 43.3 Å². The molecule has 23 heavy (non-hydrogen) atoms. The van der Waals surface area contributed by atoms with Crippen molar-refractivity contribution in [2.75, 3.05) is 11.9 Å². The second kappa shape index (κ2) is 8.14. The highest BCUT2D eigenvalue weighted by molar-refractivity contribution is 6.31. The van der Waals surface area contributed by atoms with Crippen molar-refractivity contribution in [1.82, 2.24) is 0 Å². The Bertz CT molecular complexity index is 656. The lowest BCUT2D eigenvalue weighted by molar-refractivity contribution is -0.692. The van der Waals surface area contributed by atoms with E-state index in [2.05, 4.69) is 36.6 Å². The number of hydrogen-bond acceptors (Lipinski definition) is 1. The fourth-order valence-electron chi connectivity index (χ4n) is 2.65. The first-order valence-electron chi connectivity index (χ1n) is 7.92. The number of hydrogen-bond donors (Lipinski definition) is 2. The van der Waals surface area contributed by atoms with Gasteiger partial charge in [-0.05, 0) is 24.6 Å². The number of anilines is 1. The molecular weight excluding hydrogens is 308 g/mol. The Balaban J connectivity index is 1.98. The Morgan fingerprint density at radius 2 is 1.83 bits per heavy atom. The SMILES string of the molecule is Cc1c(Cl)cccc1NC(=O)C[NH2+][C@H](c1ccccc1)C(C)C. The molecule has 0 aliphatic heterocycles. The van der Waals surface area contributed by atoms with Gasteiger partial charge in [-0.1, -0.05) is 61.8 Å². The van der Waals surface area contributed by atoms with Crippen molar-refractivity contribution in [1.29, 1.82) is 0 Å². The lowest BCUT2D eigenvalue weighted by Crippen LogP contribution is -2.88. The van der Waals surface area contributed by atoms with Crippen LogP contribution in [0.25, 0.3) is 0 Å². The molecule has 0 saturated carbocycles. The predicted molar refractivity (Wildman–Crippen MR) is 95.6 cm³/mol. The summed E-state index contributed by atoms with van der Waals surface area (Å²) in [6, 6.07) is 16.1. The summed E-state index contributed by atoms with van der Waals surface area (Å²) < 4.78 is 0. The summed E-state index contributed by atoms with van der Waals surface area (Å²) in [5.41, 5.74) is 2.91. The van der Waals surface area contributed by atoms with Gasteiger partial charge in [-0.15, -0.1) is 0 Å². The van der Waals surface area contributed by atoms with Crippen molar-refractivity contribution in [3.63, 3.8) is 0 Å².